The van der Waals surface area contributed by atoms with Crippen molar-refractivity contribution in [3.8, 4) is 11.5 Å². The van der Waals surface area contributed by atoms with Gasteiger partial charge in [-0.1, -0.05) is 60.7 Å². The average Bonchev–Trinajstić information content (AvgIpc) is 2.81. The predicted octanol–water partition coefficient (Wildman–Crippen LogP) is 5.08. The van der Waals surface area contributed by atoms with E-state index in [9.17, 15) is 4.79 Å². The Hall–Kier alpha value is -3.15. The molecule has 0 saturated heterocycles. The van der Waals surface area contributed by atoms with E-state index in [0.717, 1.165) is 17.7 Å². The zero-order chi connectivity index (χ0) is 21.0. The van der Waals surface area contributed by atoms with Crippen LogP contribution in [0.2, 0.25) is 0 Å². The van der Waals surface area contributed by atoms with E-state index < -0.39 is 6.10 Å². The fourth-order valence-electron chi connectivity index (χ4n) is 2.90. The van der Waals surface area contributed by atoms with Gasteiger partial charge in [0.25, 0.3) is 0 Å². The molecule has 0 saturated carbocycles. The number of hydrogen-bond acceptors (Lipinski definition) is 5. The van der Waals surface area contributed by atoms with Gasteiger partial charge in [0.15, 0.2) is 6.10 Å². The first kappa shape index (κ1) is 21.6. The van der Waals surface area contributed by atoms with Crippen LogP contribution in [0.4, 0.5) is 0 Å². The van der Waals surface area contributed by atoms with Crippen molar-refractivity contribution in [2.45, 2.75) is 12.5 Å². The molecule has 5 nitrogen and oxygen atoms in total. The lowest BCUT2D eigenvalue weighted by Crippen LogP contribution is -2.19. The van der Waals surface area contributed by atoms with Crippen molar-refractivity contribution in [2.75, 3.05) is 27.1 Å². The summed E-state index contributed by atoms with van der Waals surface area (Å²) in [6, 6.07) is 26.0. The summed E-state index contributed by atoms with van der Waals surface area (Å²) < 4.78 is 21.9. The van der Waals surface area contributed by atoms with Gasteiger partial charge in [-0.15, -0.1) is 0 Å². The molecule has 0 aliphatic carbocycles. The molecule has 5 heteroatoms. The lowest BCUT2D eigenvalue weighted by molar-refractivity contribution is -0.0333. The van der Waals surface area contributed by atoms with Crippen LogP contribution in [0.25, 0.3) is 0 Å². The lowest BCUT2D eigenvalue weighted by Gasteiger charge is -2.19. The Morgan fingerprint density at radius 2 is 1.43 bits per heavy atom. The highest BCUT2D eigenvalue weighted by Gasteiger charge is 2.24. The normalized spacial score (nSPS) is 11.6. The number of carbonyl (C=O) groups excluding carboxylic acids is 1. The molecular weight excluding hydrogens is 380 g/mol. The van der Waals surface area contributed by atoms with Gasteiger partial charge < -0.3 is 18.9 Å². The number of carbonyl (C=O) groups is 1. The van der Waals surface area contributed by atoms with Gasteiger partial charge in [0, 0.05) is 24.7 Å². The van der Waals surface area contributed by atoms with Gasteiger partial charge in [-0.05, 0) is 24.3 Å². The highest BCUT2D eigenvalue weighted by atomic mass is 16.7. The van der Waals surface area contributed by atoms with Crippen molar-refractivity contribution in [1.29, 1.82) is 0 Å². The van der Waals surface area contributed by atoms with Crippen LogP contribution in [0.3, 0.4) is 0 Å². The molecule has 3 aromatic rings. The maximum Gasteiger partial charge on any atom is 0.207 e. The SMILES string of the molecule is COCOCCCOc1ccc(OC(C(=O)c2ccccc2)c2ccccc2)cc1. The summed E-state index contributed by atoms with van der Waals surface area (Å²) in [6.07, 6.45) is 0.0433. The standard InChI is InChI=1S/C25H26O5/c1-27-19-28-17-8-18-29-22-13-15-23(16-14-22)30-25(21-11-6-3-7-12-21)24(26)20-9-4-2-5-10-20/h2-7,9-16,25H,8,17-19H2,1H3. The summed E-state index contributed by atoms with van der Waals surface area (Å²) >= 11 is 0. The van der Waals surface area contributed by atoms with Crippen molar-refractivity contribution in [3.63, 3.8) is 0 Å². The number of methoxy groups -OCH3 is 1. The van der Waals surface area contributed by atoms with E-state index >= 15 is 0 Å². The first-order chi connectivity index (χ1) is 14.8. The molecule has 0 heterocycles. The third kappa shape index (κ3) is 6.44. The molecule has 0 aliphatic heterocycles. The van der Waals surface area contributed by atoms with Crippen LogP contribution in [0, 0.1) is 0 Å². The molecule has 0 aliphatic rings. The topological polar surface area (TPSA) is 54.0 Å². The van der Waals surface area contributed by atoms with E-state index in [0.29, 0.717) is 24.5 Å². The molecule has 3 rings (SSSR count). The van der Waals surface area contributed by atoms with Crippen molar-refractivity contribution in [1.82, 2.24) is 0 Å². The van der Waals surface area contributed by atoms with E-state index in [-0.39, 0.29) is 12.6 Å². The predicted molar refractivity (Wildman–Crippen MR) is 115 cm³/mol. The van der Waals surface area contributed by atoms with Crippen LogP contribution in [-0.4, -0.2) is 32.9 Å². The molecule has 0 amide bonds. The summed E-state index contributed by atoms with van der Waals surface area (Å²) in [4.78, 5) is 13.1. The van der Waals surface area contributed by atoms with Crippen LogP contribution in [0.15, 0.2) is 84.9 Å². The molecule has 0 fully saturated rings. The summed E-state index contributed by atoms with van der Waals surface area (Å²) in [5.41, 5.74) is 1.42. The lowest BCUT2D eigenvalue weighted by atomic mass is 10.00. The fourth-order valence-corrected chi connectivity index (χ4v) is 2.90. The minimum Gasteiger partial charge on any atom is -0.494 e. The van der Waals surface area contributed by atoms with Crippen molar-refractivity contribution < 1.29 is 23.7 Å². The van der Waals surface area contributed by atoms with Crippen LogP contribution in [0.5, 0.6) is 11.5 Å². The summed E-state index contributed by atoms with van der Waals surface area (Å²) in [6.45, 7) is 1.41. The van der Waals surface area contributed by atoms with Crippen LogP contribution >= 0.6 is 0 Å². The van der Waals surface area contributed by atoms with Crippen molar-refractivity contribution in [3.05, 3.63) is 96.1 Å². The molecule has 1 unspecified atom stereocenters. The van der Waals surface area contributed by atoms with Gasteiger partial charge in [0.2, 0.25) is 5.78 Å². The Morgan fingerprint density at radius 3 is 2.10 bits per heavy atom. The molecule has 0 N–H and O–H groups in total. The Labute approximate surface area is 177 Å². The van der Waals surface area contributed by atoms with Gasteiger partial charge in [-0.2, -0.15) is 0 Å². The maximum atomic E-state index is 13.1. The highest BCUT2D eigenvalue weighted by Crippen LogP contribution is 2.27. The number of Topliss-reactive ketones (excluding diaryl/α,β-unsaturated/α-hetero) is 1. The molecule has 0 radical (unpaired) electrons. The summed E-state index contributed by atoms with van der Waals surface area (Å²) in [5.74, 6) is 1.25. The number of ketones is 1. The Morgan fingerprint density at radius 1 is 0.800 bits per heavy atom. The Balaban J connectivity index is 1.64. The van der Waals surface area contributed by atoms with Gasteiger partial charge in [0.1, 0.15) is 18.3 Å². The zero-order valence-electron chi connectivity index (χ0n) is 17.0. The molecule has 0 aromatic heterocycles. The zero-order valence-corrected chi connectivity index (χ0v) is 17.0. The quantitative estimate of drug-likeness (QED) is 0.239. The van der Waals surface area contributed by atoms with E-state index in [2.05, 4.69) is 0 Å². The molecule has 156 valence electrons. The molecule has 0 bridgehead atoms. The maximum absolute atomic E-state index is 13.1. The average molecular weight is 406 g/mol. The Kier molecular flexibility index (Phi) is 8.45. The number of hydrogen-bond donors (Lipinski definition) is 0. The van der Waals surface area contributed by atoms with Crippen LogP contribution in [0.1, 0.15) is 28.4 Å². The van der Waals surface area contributed by atoms with Crippen molar-refractivity contribution >= 4 is 5.78 Å². The Bertz CT molecular complexity index is 878. The third-order valence-corrected chi connectivity index (χ3v) is 4.38. The molecule has 0 spiro atoms. The highest BCUT2D eigenvalue weighted by molar-refractivity contribution is 6.00. The number of rotatable bonds is 12. The van der Waals surface area contributed by atoms with Gasteiger partial charge in [-0.3, -0.25) is 4.79 Å². The first-order valence-electron chi connectivity index (χ1n) is 9.88. The second-order valence-electron chi connectivity index (χ2n) is 6.63. The minimum atomic E-state index is -0.724. The molecular formula is C25H26O5. The van der Waals surface area contributed by atoms with E-state index in [1.807, 2.05) is 72.8 Å². The van der Waals surface area contributed by atoms with Gasteiger partial charge >= 0.3 is 0 Å². The molecule has 30 heavy (non-hydrogen) atoms. The van der Waals surface area contributed by atoms with Gasteiger partial charge in [0.05, 0.1) is 13.2 Å². The minimum absolute atomic E-state index is 0.0850. The van der Waals surface area contributed by atoms with E-state index in [1.165, 1.54) is 0 Å². The van der Waals surface area contributed by atoms with Crippen LogP contribution < -0.4 is 9.47 Å². The van der Waals surface area contributed by atoms with E-state index in [4.69, 9.17) is 18.9 Å². The van der Waals surface area contributed by atoms with Gasteiger partial charge in [-0.25, -0.2) is 0 Å². The molecule has 1 atom stereocenters. The summed E-state index contributed by atoms with van der Waals surface area (Å²) in [5, 5.41) is 0. The second-order valence-corrected chi connectivity index (χ2v) is 6.63. The fraction of sp³-hybridized carbons (Fsp3) is 0.240. The van der Waals surface area contributed by atoms with Crippen LogP contribution in [-0.2, 0) is 9.47 Å². The summed E-state index contributed by atoms with van der Waals surface area (Å²) in [7, 11) is 1.59. The van der Waals surface area contributed by atoms with E-state index in [1.54, 1.807) is 19.2 Å². The second kappa shape index (κ2) is 11.8. The molecule has 3 aromatic carbocycles. The van der Waals surface area contributed by atoms with Crippen molar-refractivity contribution in [2.24, 2.45) is 0 Å². The smallest absolute Gasteiger partial charge is 0.207 e. The third-order valence-electron chi connectivity index (χ3n) is 4.38. The number of ether oxygens (including phenoxy) is 4. The monoisotopic (exact) mass is 406 g/mol. The first-order valence-corrected chi connectivity index (χ1v) is 9.88. The number of benzene rings is 3. The largest absolute Gasteiger partial charge is 0.494 e.